The highest BCUT2D eigenvalue weighted by Gasteiger charge is 2.19. The number of pyridine rings is 1. The van der Waals surface area contributed by atoms with Crippen LogP contribution in [0.3, 0.4) is 0 Å². The zero-order chi connectivity index (χ0) is 30.7. The molecule has 0 saturated carbocycles. The van der Waals surface area contributed by atoms with Gasteiger partial charge in [0, 0.05) is 32.3 Å². The Morgan fingerprint density at radius 1 is 0.707 bits per heavy atom. The van der Waals surface area contributed by atoms with Gasteiger partial charge < -0.3 is 9.47 Å². The SMILES string of the molecule is CCCCCCCCCCCCCCCCCCOCC(CS(=O)(=O)CCC[n+]1ccccc1)OC.CS(=O)(=O)O. The summed E-state index contributed by atoms with van der Waals surface area (Å²) in [4.78, 5) is 0. The van der Waals surface area contributed by atoms with E-state index in [0.29, 0.717) is 32.4 Å². The van der Waals surface area contributed by atoms with E-state index in [-0.39, 0.29) is 17.6 Å². The van der Waals surface area contributed by atoms with Crippen molar-refractivity contribution in [1.29, 1.82) is 0 Å². The van der Waals surface area contributed by atoms with Gasteiger partial charge in [0.1, 0.15) is 6.54 Å². The minimum atomic E-state index is -3.67. The molecule has 0 fully saturated rings. The number of rotatable bonds is 26. The van der Waals surface area contributed by atoms with E-state index < -0.39 is 20.0 Å². The largest absolute Gasteiger partial charge is 0.379 e. The van der Waals surface area contributed by atoms with Gasteiger partial charge in [0.25, 0.3) is 10.1 Å². The van der Waals surface area contributed by atoms with Gasteiger partial charge in [0.2, 0.25) is 0 Å². The molecule has 1 unspecified atom stereocenters. The average molecular weight is 623 g/mol. The van der Waals surface area contributed by atoms with E-state index in [0.717, 1.165) is 6.42 Å². The van der Waals surface area contributed by atoms with Crippen molar-refractivity contribution >= 4 is 20.0 Å². The predicted octanol–water partition coefficient (Wildman–Crippen LogP) is 6.58. The molecule has 10 heteroatoms. The quantitative estimate of drug-likeness (QED) is 0.0706. The number of aromatic nitrogens is 1. The smallest absolute Gasteiger partial charge is 0.261 e. The van der Waals surface area contributed by atoms with Crippen molar-refractivity contribution in [2.75, 3.05) is 38.1 Å². The molecule has 0 saturated heterocycles. The van der Waals surface area contributed by atoms with Crippen LogP contribution >= 0.6 is 0 Å². The first kappa shape index (κ1) is 39.9. The van der Waals surface area contributed by atoms with Gasteiger partial charge >= 0.3 is 0 Å². The Hall–Kier alpha value is -1.07. The number of hydrogen-bond acceptors (Lipinski definition) is 6. The van der Waals surface area contributed by atoms with Crippen molar-refractivity contribution in [3.8, 4) is 0 Å². The maximum Gasteiger partial charge on any atom is 0.261 e. The van der Waals surface area contributed by atoms with E-state index in [1.54, 1.807) is 7.11 Å². The van der Waals surface area contributed by atoms with Crippen LogP contribution in [0, 0.1) is 0 Å². The third-order valence-electron chi connectivity index (χ3n) is 6.87. The van der Waals surface area contributed by atoms with Crippen molar-refractivity contribution in [2.24, 2.45) is 0 Å². The van der Waals surface area contributed by atoms with Crippen LogP contribution in [0.1, 0.15) is 116 Å². The molecule has 0 aliphatic heterocycles. The van der Waals surface area contributed by atoms with Crippen LogP contribution in [0.25, 0.3) is 0 Å². The number of aryl methyl sites for hydroxylation is 1. The first-order chi connectivity index (χ1) is 19.6. The van der Waals surface area contributed by atoms with Crippen LogP contribution in [0.5, 0.6) is 0 Å². The van der Waals surface area contributed by atoms with Gasteiger partial charge in [0.05, 0.1) is 30.5 Å². The molecule has 0 bridgehead atoms. The van der Waals surface area contributed by atoms with Crippen LogP contribution in [-0.2, 0) is 36.0 Å². The van der Waals surface area contributed by atoms with Crippen molar-refractivity contribution in [2.45, 2.75) is 129 Å². The van der Waals surface area contributed by atoms with Gasteiger partial charge in [-0.05, 0) is 6.42 Å². The van der Waals surface area contributed by atoms with Crippen molar-refractivity contribution in [1.82, 2.24) is 0 Å². The molecule has 41 heavy (non-hydrogen) atoms. The third kappa shape index (κ3) is 31.7. The molecule has 0 aromatic carbocycles. The second-order valence-electron chi connectivity index (χ2n) is 11.1. The number of hydrogen-bond donors (Lipinski definition) is 1. The summed E-state index contributed by atoms with van der Waals surface area (Å²) in [6, 6.07) is 5.86. The second kappa shape index (κ2) is 26.5. The topological polar surface area (TPSA) is 111 Å². The summed E-state index contributed by atoms with van der Waals surface area (Å²) in [6.07, 6.45) is 26.5. The van der Waals surface area contributed by atoms with Gasteiger partial charge in [-0.25, -0.2) is 13.0 Å². The maximum atomic E-state index is 12.4. The van der Waals surface area contributed by atoms with Crippen molar-refractivity contribution in [3.05, 3.63) is 30.6 Å². The summed E-state index contributed by atoms with van der Waals surface area (Å²) in [5.74, 6) is 0.204. The fourth-order valence-electron chi connectivity index (χ4n) is 4.57. The molecule has 1 rings (SSSR count). The standard InChI is InChI=1S/C30H56NO4S.CH4O3S/c1-3-4-5-6-7-8-9-10-11-12-13-14-15-16-17-21-26-35-28-30(34-2)29-36(32,33)27-22-25-31-23-19-18-20-24-31;1-5(2,3)4/h18-20,23-24,30H,3-17,21-22,25-29H2,1-2H3;1H3,(H,2,3,4)/q+1;. The lowest BCUT2D eigenvalue weighted by molar-refractivity contribution is -0.696. The number of ether oxygens (including phenoxy) is 2. The van der Waals surface area contributed by atoms with Gasteiger partial charge in [-0.1, -0.05) is 109 Å². The molecular weight excluding hydrogens is 562 g/mol. The second-order valence-corrected chi connectivity index (χ2v) is 14.7. The maximum absolute atomic E-state index is 12.4. The normalized spacial score (nSPS) is 12.6. The molecule has 1 aromatic heterocycles. The molecule has 0 amide bonds. The van der Waals surface area contributed by atoms with Crippen LogP contribution in [-0.4, -0.2) is 65.6 Å². The van der Waals surface area contributed by atoms with Crippen LogP contribution in [0.4, 0.5) is 0 Å². The summed E-state index contributed by atoms with van der Waals surface area (Å²) in [6.45, 7) is 4.01. The highest BCUT2D eigenvalue weighted by atomic mass is 32.2. The van der Waals surface area contributed by atoms with E-state index in [1.165, 1.54) is 96.3 Å². The molecule has 0 spiro atoms. The Morgan fingerprint density at radius 3 is 1.59 bits per heavy atom. The number of sulfone groups is 1. The Balaban J connectivity index is 0.00000292. The monoisotopic (exact) mass is 622 g/mol. The lowest BCUT2D eigenvalue weighted by Gasteiger charge is -2.15. The van der Waals surface area contributed by atoms with Crippen LogP contribution < -0.4 is 4.57 Å². The minimum Gasteiger partial charge on any atom is -0.379 e. The molecule has 1 heterocycles. The van der Waals surface area contributed by atoms with E-state index in [2.05, 4.69) is 6.92 Å². The van der Waals surface area contributed by atoms with Gasteiger partial charge in [-0.15, -0.1) is 0 Å². The van der Waals surface area contributed by atoms with Gasteiger partial charge in [-0.3, -0.25) is 4.55 Å². The molecule has 242 valence electrons. The first-order valence-corrected chi connectivity index (χ1v) is 19.4. The fourth-order valence-corrected chi connectivity index (χ4v) is 6.10. The summed E-state index contributed by atoms with van der Waals surface area (Å²) in [7, 11) is -5.25. The molecule has 1 aromatic rings. The van der Waals surface area contributed by atoms with E-state index in [1.807, 2.05) is 35.2 Å². The number of nitrogens with zero attached hydrogens (tertiary/aromatic N) is 1. The lowest BCUT2D eigenvalue weighted by Crippen LogP contribution is -2.34. The Kier molecular flexibility index (Phi) is 25.9. The molecular formula is C31H60NO7S2+. The van der Waals surface area contributed by atoms with Crippen molar-refractivity contribution in [3.63, 3.8) is 0 Å². The predicted molar refractivity (Wildman–Crippen MR) is 169 cm³/mol. The molecule has 8 nitrogen and oxygen atoms in total. The zero-order valence-corrected chi connectivity index (χ0v) is 27.8. The molecule has 1 N–H and O–H groups in total. The van der Waals surface area contributed by atoms with E-state index in [4.69, 9.17) is 14.0 Å². The van der Waals surface area contributed by atoms with Gasteiger partial charge in [-0.2, -0.15) is 8.42 Å². The molecule has 0 radical (unpaired) electrons. The number of unbranched alkanes of at least 4 members (excludes halogenated alkanes) is 15. The highest BCUT2D eigenvalue weighted by Crippen LogP contribution is 2.14. The van der Waals surface area contributed by atoms with Crippen LogP contribution in [0.2, 0.25) is 0 Å². The molecule has 0 aliphatic rings. The first-order valence-electron chi connectivity index (χ1n) is 15.7. The molecule has 0 aliphatic carbocycles. The van der Waals surface area contributed by atoms with E-state index >= 15 is 0 Å². The lowest BCUT2D eigenvalue weighted by atomic mass is 10.0. The average Bonchev–Trinajstić information content (AvgIpc) is 2.91. The summed E-state index contributed by atoms with van der Waals surface area (Å²) in [5, 5.41) is 0. The Morgan fingerprint density at radius 2 is 1.15 bits per heavy atom. The van der Waals surface area contributed by atoms with Crippen molar-refractivity contribution < 1.29 is 35.4 Å². The minimum absolute atomic E-state index is 0.0297. The zero-order valence-electron chi connectivity index (χ0n) is 26.2. The van der Waals surface area contributed by atoms with Crippen LogP contribution in [0.15, 0.2) is 30.6 Å². The Labute approximate surface area is 252 Å². The summed E-state index contributed by atoms with van der Waals surface area (Å²) >= 11 is 0. The molecule has 1 atom stereocenters. The van der Waals surface area contributed by atoms with Gasteiger partial charge in [0.15, 0.2) is 22.2 Å². The number of methoxy groups -OCH3 is 1. The van der Waals surface area contributed by atoms with E-state index in [9.17, 15) is 16.8 Å². The highest BCUT2D eigenvalue weighted by molar-refractivity contribution is 7.91. The fraction of sp³-hybridized carbons (Fsp3) is 0.839. The summed E-state index contributed by atoms with van der Waals surface area (Å²) < 4.78 is 63.9. The Bertz CT molecular complexity index is 902. The third-order valence-corrected chi connectivity index (χ3v) is 8.66. The summed E-state index contributed by atoms with van der Waals surface area (Å²) in [5.41, 5.74) is 0.